The first kappa shape index (κ1) is 15.0. The lowest BCUT2D eigenvalue weighted by atomic mass is 9.86. The zero-order valence-corrected chi connectivity index (χ0v) is 13.2. The summed E-state index contributed by atoms with van der Waals surface area (Å²) in [5.41, 5.74) is 0.829. The lowest BCUT2D eigenvalue weighted by molar-refractivity contribution is 0.271. The Hall–Kier alpha value is -1.88. The van der Waals surface area contributed by atoms with Crippen molar-refractivity contribution in [1.82, 2.24) is 15.5 Å². The predicted molar refractivity (Wildman–Crippen MR) is 84.5 cm³/mol. The Bertz CT molecular complexity index is 611. The van der Waals surface area contributed by atoms with E-state index in [9.17, 15) is 0 Å². The van der Waals surface area contributed by atoms with Crippen LogP contribution in [0.1, 0.15) is 38.5 Å². The summed E-state index contributed by atoms with van der Waals surface area (Å²) >= 11 is 0. The molecule has 1 aliphatic rings. The lowest BCUT2D eigenvalue weighted by Crippen LogP contribution is -2.36. The maximum absolute atomic E-state index is 5.77. The monoisotopic (exact) mass is 301 g/mol. The molecule has 118 valence electrons. The minimum Gasteiger partial charge on any atom is -0.496 e. The number of benzene rings is 1. The molecule has 1 aromatic heterocycles. The fourth-order valence-corrected chi connectivity index (χ4v) is 3.09. The van der Waals surface area contributed by atoms with Gasteiger partial charge in [0.1, 0.15) is 5.75 Å². The van der Waals surface area contributed by atoms with Gasteiger partial charge in [-0.05, 0) is 30.9 Å². The largest absolute Gasteiger partial charge is 0.496 e. The third-order valence-corrected chi connectivity index (χ3v) is 4.43. The zero-order chi connectivity index (χ0) is 15.4. The van der Waals surface area contributed by atoms with Gasteiger partial charge in [0.05, 0.1) is 19.2 Å². The fourth-order valence-electron chi connectivity index (χ4n) is 3.09. The molecule has 1 heterocycles. The van der Waals surface area contributed by atoms with Crippen molar-refractivity contribution >= 4 is 0 Å². The van der Waals surface area contributed by atoms with Crippen LogP contribution in [0, 0.1) is 5.92 Å². The van der Waals surface area contributed by atoms with Gasteiger partial charge >= 0.3 is 0 Å². The molecule has 0 amide bonds. The van der Waals surface area contributed by atoms with Gasteiger partial charge < -0.3 is 14.5 Å². The number of aromatic nitrogens is 2. The quantitative estimate of drug-likeness (QED) is 0.917. The van der Waals surface area contributed by atoms with E-state index in [2.05, 4.69) is 22.4 Å². The number of methoxy groups -OCH3 is 1. The summed E-state index contributed by atoms with van der Waals surface area (Å²) in [5.74, 6) is 2.58. The van der Waals surface area contributed by atoms with Crippen LogP contribution < -0.4 is 10.1 Å². The smallest absolute Gasteiger partial charge is 0.251 e. The van der Waals surface area contributed by atoms with Crippen molar-refractivity contribution in [3.05, 3.63) is 30.2 Å². The number of ether oxygens (including phenoxy) is 1. The van der Waals surface area contributed by atoms with Crippen molar-refractivity contribution in [3.63, 3.8) is 0 Å². The van der Waals surface area contributed by atoms with E-state index >= 15 is 0 Å². The summed E-state index contributed by atoms with van der Waals surface area (Å²) in [4.78, 5) is 0. The molecule has 0 aliphatic heterocycles. The molecule has 22 heavy (non-hydrogen) atoms. The molecule has 1 fully saturated rings. The molecule has 1 N–H and O–H groups in total. The van der Waals surface area contributed by atoms with E-state index in [1.807, 2.05) is 24.3 Å². The zero-order valence-electron chi connectivity index (χ0n) is 13.2. The van der Waals surface area contributed by atoms with Gasteiger partial charge in [0.25, 0.3) is 5.89 Å². The second-order valence-corrected chi connectivity index (χ2v) is 5.95. The Labute approximate surface area is 131 Å². The number of para-hydroxylation sites is 1. The molecule has 0 bridgehead atoms. The highest BCUT2D eigenvalue weighted by Crippen LogP contribution is 2.28. The molecule has 3 rings (SSSR count). The minimum atomic E-state index is 0.506. The number of hydrogen-bond donors (Lipinski definition) is 1. The van der Waals surface area contributed by atoms with Crippen LogP contribution in [-0.2, 0) is 6.54 Å². The van der Waals surface area contributed by atoms with Crippen molar-refractivity contribution in [2.24, 2.45) is 5.92 Å². The molecule has 5 heteroatoms. The minimum absolute atomic E-state index is 0.506. The summed E-state index contributed by atoms with van der Waals surface area (Å²) < 4.78 is 11.1. The van der Waals surface area contributed by atoms with Crippen molar-refractivity contribution in [3.8, 4) is 17.2 Å². The molecule has 2 unspecified atom stereocenters. The molecule has 0 saturated heterocycles. The lowest BCUT2D eigenvalue weighted by Gasteiger charge is -2.29. The summed E-state index contributed by atoms with van der Waals surface area (Å²) in [5, 5.41) is 11.8. The van der Waals surface area contributed by atoms with Crippen molar-refractivity contribution in [1.29, 1.82) is 0 Å². The maximum Gasteiger partial charge on any atom is 0.251 e. The van der Waals surface area contributed by atoms with Crippen LogP contribution in [0.3, 0.4) is 0 Å². The Kier molecular flexibility index (Phi) is 4.73. The first-order valence-corrected chi connectivity index (χ1v) is 7.97. The van der Waals surface area contributed by atoms with E-state index in [4.69, 9.17) is 9.15 Å². The Balaban J connectivity index is 1.66. The van der Waals surface area contributed by atoms with Crippen molar-refractivity contribution < 1.29 is 9.15 Å². The first-order valence-electron chi connectivity index (χ1n) is 7.97. The van der Waals surface area contributed by atoms with Gasteiger partial charge in [0, 0.05) is 6.04 Å². The van der Waals surface area contributed by atoms with E-state index in [0.29, 0.717) is 30.3 Å². The highest BCUT2D eigenvalue weighted by atomic mass is 16.5. The standard InChI is InChI=1S/C17H23N3O2/c1-12-7-3-5-9-14(12)18-11-16-19-20-17(22-16)13-8-4-6-10-15(13)21-2/h4,6,8,10,12,14,18H,3,5,7,9,11H2,1-2H3. The average molecular weight is 301 g/mol. The third kappa shape index (κ3) is 3.30. The maximum atomic E-state index is 5.77. The topological polar surface area (TPSA) is 60.2 Å². The SMILES string of the molecule is COc1ccccc1-c1nnc(CNC2CCCCC2C)o1. The van der Waals surface area contributed by atoms with E-state index in [-0.39, 0.29) is 0 Å². The molecular formula is C17H23N3O2. The summed E-state index contributed by atoms with van der Waals surface area (Å²) in [6.45, 7) is 2.93. The summed E-state index contributed by atoms with van der Waals surface area (Å²) in [6.07, 6.45) is 5.18. The van der Waals surface area contributed by atoms with Gasteiger partial charge in [-0.25, -0.2) is 0 Å². The van der Waals surface area contributed by atoms with E-state index in [1.54, 1.807) is 7.11 Å². The van der Waals surface area contributed by atoms with Crippen LogP contribution in [-0.4, -0.2) is 23.3 Å². The van der Waals surface area contributed by atoms with Gasteiger partial charge in [-0.2, -0.15) is 0 Å². The highest BCUT2D eigenvalue weighted by molar-refractivity contribution is 5.62. The van der Waals surface area contributed by atoms with Crippen molar-refractivity contribution in [2.45, 2.75) is 45.2 Å². The van der Waals surface area contributed by atoms with Crippen LogP contribution in [0.4, 0.5) is 0 Å². The Morgan fingerprint density at radius 2 is 2.05 bits per heavy atom. The molecular weight excluding hydrogens is 278 g/mol. The molecule has 5 nitrogen and oxygen atoms in total. The third-order valence-electron chi connectivity index (χ3n) is 4.43. The summed E-state index contributed by atoms with van der Waals surface area (Å²) in [7, 11) is 1.64. The fraction of sp³-hybridized carbons (Fsp3) is 0.529. The predicted octanol–water partition coefficient (Wildman–Crippen LogP) is 3.41. The average Bonchev–Trinajstić information content (AvgIpc) is 3.03. The van der Waals surface area contributed by atoms with E-state index in [0.717, 1.165) is 11.3 Å². The molecule has 2 aromatic rings. The van der Waals surface area contributed by atoms with Gasteiger partial charge in [0.15, 0.2) is 0 Å². The van der Waals surface area contributed by atoms with Gasteiger partial charge in [0.2, 0.25) is 5.89 Å². The van der Waals surface area contributed by atoms with Gasteiger partial charge in [-0.15, -0.1) is 10.2 Å². The molecule has 2 atom stereocenters. The Morgan fingerprint density at radius 3 is 2.86 bits per heavy atom. The van der Waals surface area contributed by atoms with Crippen LogP contribution in [0.2, 0.25) is 0 Å². The number of nitrogens with zero attached hydrogens (tertiary/aromatic N) is 2. The molecule has 1 aromatic carbocycles. The highest BCUT2D eigenvalue weighted by Gasteiger charge is 2.21. The number of hydrogen-bond acceptors (Lipinski definition) is 5. The number of rotatable bonds is 5. The van der Waals surface area contributed by atoms with Crippen LogP contribution >= 0.6 is 0 Å². The Morgan fingerprint density at radius 1 is 1.23 bits per heavy atom. The van der Waals surface area contributed by atoms with E-state index in [1.165, 1.54) is 25.7 Å². The van der Waals surface area contributed by atoms with Crippen LogP contribution in [0.15, 0.2) is 28.7 Å². The van der Waals surface area contributed by atoms with Crippen molar-refractivity contribution in [2.75, 3.05) is 7.11 Å². The van der Waals surface area contributed by atoms with E-state index < -0.39 is 0 Å². The normalized spacial score (nSPS) is 21.7. The first-order chi connectivity index (χ1) is 10.8. The molecule has 1 saturated carbocycles. The number of nitrogens with one attached hydrogen (secondary N) is 1. The second-order valence-electron chi connectivity index (χ2n) is 5.95. The second kappa shape index (κ2) is 6.92. The molecule has 1 aliphatic carbocycles. The van der Waals surface area contributed by atoms with Crippen LogP contribution in [0.25, 0.3) is 11.5 Å². The van der Waals surface area contributed by atoms with Crippen LogP contribution in [0.5, 0.6) is 5.75 Å². The molecule has 0 radical (unpaired) electrons. The van der Waals surface area contributed by atoms with Gasteiger partial charge in [-0.1, -0.05) is 31.9 Å². The molecule has 0 spiro atoms. The summed E-state index contributed by atoms with van der Waals surface area (Å²) in [6, 6.07) is 8.22. The van der Waals surface area contributed by atoms with Gasteiger partial charge in [-0.3, -0.25) is 0 Å².